The van der Waals surface area contributed by atoms with Gasteiger partial charge in [0.15, 0.2) is 5.78 Å². The molecule has 1 heterocycles. The minimum Gasteiger partial charge on any atom is -0.312 e. The van der Waals surface area contributed by atoms with Gasteiger partial charge in [-0.3, -0.25) is 9.59 Å². The fourth-order valence-corrected chi connectivity index (χ4v) is 3.05. The lowest BCUT2D eigenvalue weighted by Crippen LogP contribution is -2.48. The van der Waals surface area contributed by atoms with Gasteiger partial charge in [-0.2, -0.15) is 0 Å². The molecule has 1 aromatic rings. The fourth-order valence-electron chi connectivity index (χ4n) is 2.41. The van der Waals surface area contributed by atoms with Crippen LogP contribution < -0.4 is 4.90 Å². The summed E-state index contributed by atoms with van der Waals surface area (Å²) in [5.74, 6) is -0.634. The number of halogens is 2. The van der Waals surface area contributed by atoms with E-state index in [2.05, 4.69) is 38.5 Å². The topological polar surface area (TPSA) is 37.4 Å². The first-order valence-electron chi connectivity index (χ1n) is 6.61. The molecule has 1 aromatic carbocycles. The van der Waals surface area contributed by atoms with Gasteiger partial charge in [-0.05, 0) is 73.5 Å². The van der Waals surface area contributed by atoms with Gasteiger partial charge < -0.3 is 4.90 Å². The van der Waals surface area contributed by atoms with Gasteiger partial charge in [0.25, 0.3) is 0 Å². The first kappa shape index (κ1) is 15.9. The third-order valence-electron chi connectivity index (χ3n) is 3.48. The van der Waals surface area contributed by atoms with Gasteiger partial charge in [-0.15, -0.1) is 0 Å². The minimum atomic E-state index is -0.650. The molecule has 1 fully saturated rings. The highest BCUT2D eigenvalue weighted by Gasteiger charge is 2.40. The Kier molecular flexibility index (Phi) is 4.89. The van der Waals surface area contributed by atoms with Crippen molar-refractivity contribution >= 4 is 55.9 Å². The van der Waals surface area contributed by atoms with Crippen molar-refractivity contribution < 1.29 is 9.59 Å². The number of carbonyl (C=O) groups excluding carboxylic acids is 2. The van der Waals surface area contributed by atoms with Gasteiger partial charge in [0.1, 0.15) is 0 Å². The Morgan fingerprint density at radius 1 is 1.35 bits per heavy atom. The Balaban J connectivity index is 2.23. The number of benzene rings is 1. The Morgan fingerprint density at radius 3 is 2.50 bits per heavy atom. The molecule has 0 saturated carbocycles. The molecule has 0 aliphatic carbocycles. The summed E-state index contributed by atoms with van der Waals surface area (Å²) in [5.41, 5.74) is 0.875. The Hall–Kier alpha value is -0.430. The second kappa shape index (κ2) is 6.13. The number of ketones is 1. The van der Waals surface area contributed by atoms with Gasteiger partial charge in [-0.1, -0.05) is 15.9 Å². The van der Waals surface area contributed by atoms with E-state index in [4.69, 9.17) is 0 Å². The van der Waals surface area contributed by atoms with E-state index in [1.165, 1.54) is 0 Å². The van der Waals surface area contributed by atoms with Crippen LogP contribution in [0, 0.1) is 9.49 Å². The first-order chi connectivity index (χ1) is 9.30. The molecule has 1 unspecified atom stereocenters. The zero-order chi connectivity index (χ0) is 14.9. The predicted octanol–water partition coefficient (Wildman–Crippen LogP) is 3.78. The van der Waals surface area contributed by atoms with Crippen molar-refractivity contribution in [2.75, 3.05) is 11.4 Å². The maximum Gasteiger partial charge on any atom is 0.237 e. The Labute approximate surface area is 141 Å². The second-order valence-electron chi connectivity index (χ2n) is 5.50. The third kappa shape index (κ3) is 3.42. The molecule has 3 nitrogen and oxygen atoms in total. The van der Waals surface area contributed by atoms with Gasteiger partial charge in [0, 0.05) is 15.8 Å². The number of rotatable bonds is 3. The Bertz CT molecular complexity index is 522. The molecule has 0 N–H and O–H groups in total. The molecule has 1 atom stereocenters. The monoisotopic (exact) mass is 449 g/mol. The standard InChI is InChI=1S/C15H17BrINO2/c1-15(2,16)13(19)12-4-3-9-18(14(12)20)11-7-5-10(17)6-8-11/h5-8,12H,3-4,9H2,1-2H3. The molecule has 1 aliphatic heterocycles. The van der Waals surface area contributed by atoms with E-state index in [1.807, 2.05) is 24.3 Å². The fraction of sp³-hybridized carbons (Fsp3) is 0.467. The van der Waals surface area contributed by atoms with Crippen LogP contribution in [0.25, 0.3) is 0 Å². The van der Waals surface area contributed by atoms with Crippen molar-refractivity contribution in [1.29, 1.82) is 0 Å². The SMILES string of the molecule is CC(C)(Br)C(=O)C1CCCN(c2ccc(I)cc2)C1=O. The van der Waals surface area contributed by atoms with Crippen LogP contribution in [-0.4, -0.2) is 22.6 Å². The second-order valence-corrected chi connectivity index (χ2v) is 8.73. The van der Waals surface area contributed by atoms with Gasteiger partial charge >= 0.3 is 0 Å². The minimum absolute atomic E-state index is 0.0299. The highest BCUT2D eigenvalue weighted by Crippen LogP contribution is 2.30. The molecule has 1 amide bonds. The molecule has 20 heavy (non-hydrogen) atoms. The molecular weight excluding hydrogens is 433 g/mol. The summed E-state index contributed by atoms with van der Waals surface area (Å²) in [6.07, 6.45) is 1.50. The lowest BCUT2D eigenvalue weighted by molar-refractivity contribution is -0.134. The van der Waals surface area contributed by atoms with E-state index in [1.54, 1.807) is 18.7 Å². The number of piperidine rings is 1. The zero-order valence-electron chi connectivity index (χ0n) is 11.5. The van der Waals surface area contributed by atoms with E-state index in [0.29, 0.717) is 13.0 Å². The van der Waals surface area contributed by atoms with Crippen LogP contribution in [0.5, 0.6) is 0 Å². The van der Waals surface area contributed by atoms with Gasteiger partial charge in [-0.25, -0.2) is 0 Å². The number of amides is 1. The molecule has 0 spiro atoms. The van der Waals surface area contributed by atoms with E-state index >= 15 is 0 Å². The molecule has 0 bridgehead atoms. The smallest absolute Gasteiger partial charge is 0.237 e. The number of alkyl halides is 1. The number of carbonyl (C=O) groups is 2. The average molecular weight is 450 g/mol. The van der Waals surface area contributed by atoms with Crippen LogP contribution >= 0.6 is 38.5 Å². The maximum absolute atomic E-state index is 12.6. The highest BCUT2D eigenvalue weighted by atomic mass is 127. The number of hydrogen-bond acceptors (Lipinski definition) is 2. The van der Waals surface area contributed by atoms with Crippen LogP contribution in [-0.2, 0) is 9.59 Å². The average Bonchev–Trinajstić information content (AvgIpc) is 2.38. The Morgan fingerprint density at radius 2 is 1.95 bits per heavy atom. The quantitative estimate of drug-likeness (QED) is 0.400. The lowest BCUT2D eigenvalue weighted by Gasteiger charge is -2.33. The molecule has 2 rings (SSSR count). The predicted molar refractivity (Wildman–Crippen MR) is 92.2 cm³/mol. The number of anilines is 1. The molecule has 108 valence electrons. The van der Waals surface area contributed by atoms with Crippen molar-refractivity contribution in [3.63, 3.8) is 0 Å². The van der Waals surface area contributed by atoms with Gasteiger partial charge in [0.2, 0.25) is 5.91 Å². The molecule has 1 aliphatic rings. The van der Waals surface area contributed by atoms with E-state index in [9.17, 15) is 9.59 Å². The molecule has 0 aromatic heterocycles. The summed E-state index contributed by atoms with van der Waals surface area (Å²) < 4.78 is 0.479. The maximum atomic E-state index is 12.6. The summed E-state index contributed by atoms with van der Waals surface area (Å²) in [4.78, 5) is 26.7. The van der Waals surface area contributed by atoms with Crippen LogP contribution in [0.1, 0.15) is 26.7 Å². The number of hydrogen-bond donors (Lipinski definition) is 0. The summed E-state index contributed by atoms with van der Waals surface area (Å²) in [5, 5.41) is 0. The molecule has 0 radical (unpaired) electrons. The van der Waals surface area contributed by atoms with E-state index in [0.717, 1.165) is 15.7 Å². The van der Waals surface area contributed by atoms with Crippen molar-refractivity contribution in [2.45, 2.75) is 31.0 Å². The summed E-state index contributed by atoms with van der Waals surface area (Å²) >= 11 is 5.61. The van der Waals surface area contributed by atoms with Crippen LogP contribution in [0.2, 0.25) is 0 Å². The number of nitrogens with zero attached hydrogens (tertiary/aromatic N) is 1. The summed E-state index contributed by atoms with van der Waals surface area (Å²) in [6, 6.07) is 7.82. The highest BCUT2D eigenvalue weighted by molar-refractivity contribution is 14.1. The van der Waals surface area contributed by atoms with E-state index in [-0.39, 0.29) is 11.7 Å². The van der Waals surface area contributed by atoms with E-state index < -0.39 is 10.2 Å². The van der Waals surface area contributed by atoms with Gasteiger partial charge in [0.05, 0.1) is 10.2 Å². The van der Waals surface area contributed by atoms with Crippen molar-refractivity contribution in [3.05, 3.63) is 27.8 Å². The lowest BCUT2D eigenvalue weighted by atomic mass is 9.87. The van der Waals surface area contributed by atoms with Crippen LogP contribution in [0.15, 0.2) is 24.3 Å². The molecule has 5 heteroatoms. The third-order valence-corrected chi connectivity index (χ3v) is 4.59. The normalized spacial score (nSPS) is 20.1. The van der Waals surface area contributed by atoms with Crippen molar-refractivity contribution in [1.82, 2.24) is 0 Å². The first-order valence-corrected chi connectivity index (χ1v) is 8.48. The van der Waals surface area contributed by atoms with Crippen molar-refractivity contribution in [2.24, 2.45) is 5.92 Å². The van der Waals surface area contributed by atoms with Crippen molar-refractivity contribution in [3.8, 4) is 0 Å². The molecule has 1 saturated heterocycles. The largest absolute Gasteiger partial charge is 0.312 e. The van der Waals surface area contributed by atoms with Crippen LogP contribution in [0.3, 0.4) is 0 Å². The van der Waals surface area contributed by atoms with Crippen LogP contribution in [0.4, 0.5) is 5.69 Å². The molecular formula is C15H17BrINO2. The number of Topliss-reactive ketones (excluding diaryl/α,β-unsaturated/α-hetero) is 1. The summed E-state index contributed by atoms with van der Waals surface area (Å²) in [6.45, 7) is 4.28. The summed E-state index contributed by atoms with van der Waals surface area (Å²) in [7, 11) is 0. The zero-order valence-corrected chi connectivity index (χ0v) is 15.3.